The molecule has 0 fully saturated rings. The Balaban J connectivity index is 1.34. The third-order valence-corrected chi connectivity index (χ3v) is 6.12. The summed E-state index contributed by atoms with van der Waals surface area (Å²) in [5, 5.41) is 4.52. The van der Waals surface area contributed by atoms with E-state index < -0.39 is 11.7 Å². The van der Waals surface area contributed by atoms with Gasteiger partial charge in [0.2, 0.25) is 0 Å². The van der Waals surface area contributed by atoms with Crippen molar-refractivity contribution in [1.82, 2.24) is 24.6 Å². The van der Waals surface area contributed by atoms with Crippen molar-refractivity contribution in [3.8, 4) is 17.1 Å². The molecule has 0 unspecified atom stereocenters. The largest absolute Gasteiger partial charge is 0.416 e. The summed E-state index contributed by atoms with van der Waals surface area (Å²) in [4.78, 5) is 22.2. The first-order chi connectivity index (χ1) is 16.7. The van der Waals surface area contributed by atoms with E-state index in [9.17, 15) is 22.4 Å². The zero-order valence-electron chi connectivity index (χ0n) is 18.7. The van der Waals surface area contributed by atoms with Gasteiger partial charge < -0.3 is 4.98 Å². The van der Waals surface area contributed by atoms with Crippen LogP contribution in [0.2, 0.25) is 0 Å². The van der Waals surface area contributed by atoms with Crippen LogP contribution in [0.15, 0.2) is 59.5 Å². The number of aryl methyl sites for hydroxylation is 1. The Kier molecular flexibility index (Phi) is 5.76. The number of nitrogens with zero attached hydrogens (tertiary/aromatic N) is 4. The Morgan fingerprint density at radius 1 is 1.06 bits per heavy atom. The summed E-state index contributed by atoms with van der Waals surface area (Å²) < 4.78 is 53.4. The SMILES string of the molecule is Cc1nn(-c2ccc(F)cc2)cc1CN1CCc2nc(-c3ccc(C(F)(F)F)cc3)[nH]c(=O)c2C1. The van der Waals surface area contributed by atoms with E-state index in [4.69, 9.17) is 0 Å². The molecule has 180 valence electrons. The standard InChI is InChI=1S/C25H21F4N5O/c1-15-17(13-34(32-15)20-8-6-19(26)7-9-20)12-33-11-10-22-21(14-33)24(35)31-23(30-22)16-2-4-18(5-3-16)25(27,28)29/h2-9,13H,10-12,14H2,1H3,(H,30,31,35). The fourth-order valence-corrected chi connectivity index (χ4v) is 4.19. The van der Waals surface area contributed by atoms with Gasteiger partial charge in [-0.3, -0.25) is 9.69 Å². The summed E-state index contributed by atoms with van der Waals surface area (Å²) >= 11 is 0. The summed E-state index contributed by atoms with van der Waals surface area (Å²) in [6.07, 6.45) is -1.99. The van der Waals surface area contributed by atoms with Gasteiger partial charge in [-0.2, -0.15) is 18.3 Å². The maximum atomic E-state index is 13.2. The molecule has 0 saturated carbocycles. The van der Waals surface area contributed by atoms with Crippen LogP contribution in [0.25, 0.3) is 17.1 Å². The highest BCUT2D eigenvalue weighted by Crippen LogP contribution is 2.30. The first-order valence-electron chi connectivity index (χ1n) is 11.0. The van der Waals surface area contributed by atoms with Crippen molar-refractivity contribution in [3.63, 3.8) is 0 Å². The molecular weight excluding hydrogens is 462 g/mol. The van der Waals surface area contributed by atoms with Crippen molar-refractivity contribution in [3.05, 3.63) is 99.0 Å². The third-order valence-electron chi connectivity index (χ3n) is 6.12. The fourth-order valence-electron chi connectivity index (χ4n) is 4.19. The van der Waals surface area contributed by atoms with E-state index in [1.54, 1.807) is 16.8 Å². The van der Waals surface area contributed by atoms with E-state index in [2.05, 4.69) is 20.0 Å². The molecule has 3 heterocycles. The molecule has 5 rings (SSSR count). The average molecular weight is 483 g/mol. The number of aromatic amines is 1. The number of rotatable bonds is 4. The van der Waals surface area contributed by atoms with E-state index >= 15 is 0 Å². The quantitative estimate of drug-likeness (QED) is 0.430. The predicted molar refractivity (Wildman–Crippen MR) is 121 cm³/mol. The summed E-state index contributed by atoms with van der Waals surface area (Å²) in [5.41, 5.74) is 3.15. The summed E-state index contributed by atoms with van der Waals surface area (Å²) in [7, 11) is 0. The second-order valence-corrected chi connectivity index (χ2v) is 8.54. The van der Waals surface area contributed by atoms with Gasteiger partial charge in [0.25, 0.3) is 5.56 Å². The van der Waals surface area contributed by atoms with Crippen molar-refractivity contribution in [1.29, 1.82) is 0 Å². The van der Waals surface area contributed by atoms with Crippen molar-refractivity contribution in [2.24, 2.45) is 0 Å². The van der Waals surface area contributed by atoms with Crippen LogP contribution < -0.4 is 5.56 Å². The molecule has 2 aromatic heterocycles. The Morgan fingerprint density at radius 3 is 2.46 bits per heavy atom. The zero-order chi connectivity index (χ0) is 24.7. The molecule has 6 nitrogen and oxygen atoms in total. The highest BCUT2D eigenvalue weighted by atomic mass is 19.4. The molecule has 0 radical (unpaired) electrons. The van der Waals surface area contributed by atoms with Crippen LogP contribution in [0.4, 0.5) is 17.6 Å². The molecule has 1 aliphatic heterocycles. The van der Waals surface area contributed by atoms with Crippen molar-refractivity contribution in [2.45, 2.75) is 32.6 Å². The Bertz CT molecular complexity index is 1420. The lowest BCUT2D eigenvalue weighted by Gasteiger charge is -2.27. The van der Waals surface area contributed by atoms with Crippen molar-refractivity contribution >= 4 is 0 Å². The summed E-state index contributed by atoms with van der Waals surface area (Å²) in [6.45, 7) is 3.54. The number of H-pyrrole nitrogens is 1. The molecule has 35 heavy (non-hydrogen) atoms. The molecular formula is C25H21F4N5O. The van der Waals surface area contributed by atoms with Gasteiger partial charge in [-0.25, -0.2) is 14.1 Å². The van der Waals surface area contributed by atoms with Crippen LogP contribution in [-0.4, -0.2) is 31.2 Å². The van der Waals surface area contributed by atoms with Gasteiger partial charge in [-0.15, -0.1) is 0 Å². The lowest BCUT2D eigenvalue weighted by atomic mass is 10.1. The third kappa shape index (κ3) is 4.74. The summed E-state index contributed by atoms with van der Waals surface area (Å²) in [6, 6.07) is 10.6. The van der Waals surface area contributed by atoms with Crippen LogP contribution in [0, 0.1) is 12.7 Å². The molecule has 4 aromatic rings. The van der Waals surface area contributed by atoms with E-state index in [0.29, 0.717) is 42.9 Å². The molecule has 0 spiro atoms. The maximum absolute atomic E-state index is 13.2. The molecule has 0 bridgehead atoms. The molecule has 10 heteroatoms. The van der Waals surface area contributed by atoms with Crippen LogP contribution in [0.5, 0.6) is 0 Å². The second kappa shape index (κ2) is 8.77. The number of hydrogen-bond acceptors (Lipinski definition) is 4. The molecule has 0 aliphatic carbocycles. The number of aromatic nitrogens is 4. The Hall–Kier alpha value is -3.79. The molecule has 1 N–H and O–H groups in total. The number of nitrogens with one attached hydrogen (secondary N) is 1. The van der Waals surface area contributed by atoms with Crippen molar-refractivity contribution in [2.75, 3.05) is 6.54 Å². The molecule has 0 amide bonds. The lowest BCUT2D eigenvalue weighted by Crippen LogP contribution is -2.35. The van der Waals surface area contributed by atoms with Crippen molar-refractivity contribution < 1.29 is 17.6 Å². The molecule has 0 atom stereocenters. The van der Waals surface area contributed by atoms with Gasteiger partial charge in [-0.1, -0.05) is 12.1 Å². The minimum Gasteiger partial charge on any atom is -0.306 e. The first-order valence-corrected chi connectivity index (χ1v) is 11.0. The predicted octanol–water partition coefficient (Wildman–Crippen LogP) is 4.65. The van der Waals surface area contributed by atoms with Gasteiger partial charge in [0, 0.05) is 43.4 Å². The Morgan fingerprint density at radius 2 is 1.77 bits per heavy atom. The number of benzene rings is 2. The topological polar surface area (TPSA) is 66.8 Å². The van der Waals surface area contributed by atoms with E-state index in [1.165, 1.54) is 24.3 Å². The van der Waals surface area contributed by atoms with Gasteiger partial charge in [-0.05, 0) is 43.3 Å². The minimum absolute atomic E-state index is 0.257. The van der Waals surface area contributed by atoms with E-state index in [-0.39, 0.29) is 17.2 Å². The number of halogens is 4. The average Bonchev–Trinajstić information content (AvgIpc) is 3.19. The maximum Gasteiger partial charge on any atom is 0.416 e. The van der Waals surface area contributed by atoms with Gasteiger partial charge in [0.05, 0.1) is 28.2 Å². The van der Waals surface area contributed by atoms with Crippen LogP contribution >= 0.6 is 0 Å². The molecule has 0 saturated heterocycles. The first kappa shape index (κ1) is 23.0. The van der Waals surface area contributed by atoms with Gasteiger partial charge in [0.1, 0.15) is 11.6 Å². The number of alkyl halides is 3. The van der Waals surface area contributed by atoms with E-state index in [0.717, 1.165) is 29.1 Å². The monoisotopic (exact) mass is 483 g/mol. The van der Waals surface area contributed by atoms with E-state index in [1.807, 2.05) is 13.1 Å². The highest BCUT2D eigenvalue weighted by Gasteiger charge is 2.30. The normalized spacial score (nSPS) is 14.2. The fraction of sp³-hybridized carbons (Fsp3) is 0.240. The number of fused-ring (bicyclic) bond motifs is 1. The second-order valence-electron chi connectivity index (χ2n) is 8.54. The van der Waals surface area contributed by atoms with Gasteiger partial charge >= 0.3 is 6.18 Å². The van der Waals surface area contributed by atoms with Crippen LogP contribution in [0.3, 0.4) is 0 Å². The van der Waals surface area contributed by atoms with Gasteiger partial charge in [0.15, 0.2) is 0 Å². The summed E-state index contributed by atoms with van der Waals surface area (Å²) in [5.74, 6) is -0.0579. The molecule has 2 aromatic carbocycles. The zero-order valence-corrected chi connectivity index (χ0v) is 18.7. The van der Waals surface area contributed by atoms with Crippen LogP contribution in [0.1, 0.15) is 28.1 Å². The van der Waals surface area contributed by atoms with Crippen LogP contribution in [-0.2, 0) is 25.7 Å². The smallest absolute Gasteiger partial charge is 0.306 e. The lowest BCUT2D eigenvalue weighted by molar-refractivity contribution is -0.137. The Labute approximate surface area is 197 Å². The minimum atomic E-state index is -4.42. The highest BCUT2D eigenvalue weighted by molar-refractivity contribution is 5.56. The molecule has 1 aliphatic rings. The number of hydrogen-bond donors (Lipinski definition) is 1.